The quantitative estimate of drug-likeness (QED) is 0.309. The molecule has 4 aromatic rings. The van der Waals surface area contributed by atoms with Gasteiger partial charge in [0.05, 0.1) is 5.56 Å². The monoisotopic (exact) mass is 439 g/mol. The van der Waals surface area contributed by atoms with E-state index in [0.717, 1.165) is 11.3 Å². The Morgan fingerprint density at radius 1 is 0.606 bits per heavy atom. The van der Waals surface area contributed by atoms with E-state index in [4.69, 9.17) is 14.2 Å². The first-order chi connectivity index (χ1) is 16.3. The lowest BCUT2D eigenvalue weighted by molar-refractivity contribution is 0.102. The Hall–Kier alpha value is -4.25. The summed E-state index contributed by atoms with van der Waals surface area (Å²) in [6.45, 7) is 1.26. The van der Waals surface area contributed by atoms with Crippen molar-refractivity contribution in [3.8, 4) is 17.2 Å². The molecule has 0 unspecified atom stereocenters. The van der Waals surface area contributed by atoms with Crippen LogP contribution >= 0.6 is 0 Å². The number of amides is 1. The second kappa shape index (κ2) is 11.4. The molecular weight excluding hydrogens is 414 g/mol. The third-order valence-corrected chi connectivity index (χ3v) is 4.85. The molecule has 33 heavy (non-hydrogen) atoms. The molecule has 0 saturated heterocycles. The molecule has 0 aliphatic heterocycles. The Morgan fingerprint density at radius 3 is 1.88 bits per heavy atom. The first-order valence-corrected chi connectivity index (χ1v) is 10.8. The second-order valence-corrected chi connectivity index (χ2v) is 7.26. The summed E-state index contributed by atoms with van der Waals surface area (Å²) in [4.78, 5) is 12.8. The lowest BCUT2D eigenvalue weighted by Gasteiger charge is -2.12. The lowest BCUT2D eigenvalue weighted by atomic mass is 10.1. The van der Waals surface area contributed by atoms with Gasteiger partial charge in [-0.05, 0) is 54.1 Å². The van der Waals surface area contributed by atoms with Crippen molar-refractivity contribution in [2.75, 3.05) is 18.5 Å². The van der Waals surface area contributed by atoms with E-state index < -0.39 is 0 Å². The van der Waals surface area contributed by atoms with E-state index in [9.17, 15) is 4.79 Å². The number of benzene rings is 4. The van der Waals surface area contributed by atoms with E-state index in [1.165, 1.54) is 0 Å². The van der Waals surface area contributed by atoms with Gasteiger partial charge in [0.1, 0.15) is 37.1 Å². The van der Waals surface area contributed by atoms with Gasteiger partial charge in [0.15, 0.2) is 0 Å². The summed E-state index contributed by atoms with van der Waals surface area (Å²) in [5.74, 6) is 1.82. The number of anilines is 1. The van der Waals surface area contributed by atoms with Crippen LogP contribution in [0.5, 0.6) is 17.2 Å². The van der Waals surface area contributed by atoms with Crippen molar-refractivity contribution in [3.05, 3.63) is 120 Å². The number of para-hydroxylation sites is 2. The summed E-state index contributed by atoms with van der Waals surface area (Å²) in [7, 11) is 0. The van der Waals surface area contributed by atoms with Gasteiger partial charge in [-0.15, -0.1) is 0 Å². The van der Waals surface area contributed by atoms with Gasteiger partial charge in [-0.1, -0.05) is 60.7 Å². The Bertz CT molecular complexity index is 1150. The van der Waals surface area contributed by atoms with E-state index in [1.807, 2.05) is 84.9 Å². The highest BCUT2D eigenvalue weighted by Gasteiger charge is 2.12. The van der Waals surface area contributed by atoms with Gasteiger partial charge in [0.2, 0.25) is 0 Å². The van der Waals surface area contributed by atoms with E-state index in [-0.39, 0.29) is 5.91 Å². The van der Waals surface area contributed by atoms with E-state index in [1.54, 1.807) is 24.3 Å². The molecule has 0 saturated carbocycles. The molecule has 0 aliphatic carbocycles. The molecule has 0 heterocycles. The standard InChI is InChI=1S/C28H25NO4/c30-28(26-13-7-8-14-27(26)33-21-22-9-3-1-4-10-22)29-23-15-17-25(18-16-23)32-20-19-31-24-11-5-2-6-12-24/h1-18H,19-21H2,(H,29,30). The number of ether oxygens (including phenoxy) is 3. The Kier molecular flexibility index (Phi) is 7.58. The predicted octanol–water partition coefficient (Wildman–Crippen LogP) is 5.98. The zero-order valence-corrected chi connectivity index (χ0v) is 18.1. The first kappa shape index (κ1) is 22.0. The fourth-order valence-corrected chi connectivity index (χ4v) is 3.18. The molecule has 0 aliphatic rings. The smallest absolute Gasteiger partial charge is 0.259 e. The fraction of sp³-hybridized carbons (Fsp3) is 0.107. The van der Waals surface area contributed by atoms with E-state index in [0.29, 0.717) is 42.6 Å². The van der Waals surface area contributed by atoms with E-state index in [2.05, 4.69) is 5.32 Å². The zero-order chi connectivity index (χ0) is 22.7. The van der Waals surface area contributed by atoms with Crippen molar-refractivity contribution in [2.45, 2.75) is 6.61 Å². The first-order valence-electron chi connectivity index (χ1n) is 10.8. The molecule has 0 bridgehead atoms. The van der Waals surface area contributed by atoms with Crippen LogP contribution in [-0.2, 0) is 6.61 Å². The highest BCUT2D eigenvalue weighted by atomic mass is 16.5. The maximum Gasteiger partial charge on any atom is 0.259 e. The largest absolute Gasteiger partial charge is 0.490 e. The predicted molar refractivity (Wildman–Crippen MR) is 129 cm³/mol. The van der Waals surface area contributed by atoms with Crippen molar-refractivity contribution < 1.29 is 19.0 Å². The summed E-state index contributed by atoms with van der Waals surface area (Å²) in [6, 6.07) is 33.9. The third kappa shape index (κ3) is 6.61. The average molecular weight is 440 g/mol. The molecule has 4 rings (SSSR count). The molecule has 0 radical (unpaired) electrons. The highest BCUT2D eigenvalue weighted by Crippen LogP contribution is 2.22. The number of carbonyl (C=O) groups is 1. The third-order valence-electron chi connectivity index (χ3n) is 4.85. The minimum Gasteiger partial charge on any atom is -0.490 e. The van der Waals surface area contributed by atoms with Gasteiger partial charge in [-0.25, -0.2) is 0 Å². The average Bonchev–Trinajstić information content (AvgIpc) is 2.88. The number of nitrogens with one attached hydrogen (secondary N) is 1. The SMILES string of the molecule is O=C(Nc1ccc(OCCOc2ccccc2)cc1)c1ccccc1OCc1ccccc1. The molecule has 5 heteroatoms. The Morgan fingerprint density at radius 2 is 1.18 bits per heavy atom. The molecule has 0 fully saturated rings. The topological polar surface area (TPSA) is 56.8 Å². The van der Waals surface area contributed by atoms with Gasteiger partial charge in [-0.3, -0.25) is 4.79 Å². The summed E-state index contributed by atoms with van der Waals surface area (Å²) in [6.07, 6.45) is 0. The molecule has 5 nitrogen and oxygen atoms in total. The lowest BCUT2D eigenvalue weighted by Crippen LogP contribution is -2.13. The van der Waals surface area contributed by atoms with Crippen molar-refractivity contribution in [2.24, 2.45) is 0 Å². The minimum absolute atomic E-state index is 0.233. The van der Waals surface area contributed by atoms with Crippen LogP contribution in [0.4, 0.5) is 5.69 Å². The van der Waals surface area contributed by atoms with Gasteiger partial charge < -0.3 is 19.5 Å². The van der Waals surface area contributed by atoms with Crippen molar-refractivity contribution in [1.82, 2.24) is 0 Å². The number of rotatable bonds is 10. The van der Waals surface area contributed by atoms with Gasteiger partial charge in [-0.2, -0.15) is 0 Å². The summed E-state index contributed by atoms with van der Waals surface area (Å²) >= 11 is 0. The molecule has 0 spiro atoms. The number of hydrogen-bond acceptors (Lipinski definition) is 4. The number of carbonyl (C=O) groups excluding carboxylic acids is 1. The normalized spacial score (nSPS) is 10.3. The van der Waals surface area contributed by atoms with Crippen LogP contribution in [0.15, 0.2) is 109 Å². The zero-order valence-electron chi connectivity index (χ0n) is 18.1. The molecule has 4 aromatic carbocycles. The van der Waals surface area contributed by atoms with Gasteiger partial charge in [0.25, 0.3) is 5.91 Å². The fourth-order valence-electron chi connectivity index (χ4n) is 3.18. The van der Waals surface area contributed by atoms with Crippen LogP contribution in [0.3, 0.4) is 0 Å². The number of hydrogen-bond donors (Lipinski definition) is 1. The summed E-state index contributed by atoms with van der Waals surface area (Å²) < 4.78 is 17.2. The van der Waals surface area contributed by atoms with Gasteiger partial charge >= 0.3 is 0 Å². The van der Waals surface area contributed by atoms with Crippen LogP contribution in [0.25, 0.3) is 0 Å². The Labute approximate surface area is 193 Å². The van der Waals surface area contributed by atoms with Crippen LogP contribution in [-0.4, -0.2) is 19.1 Å². The van der Waals surface area contributed by atoms with Crippen molar-refractivity contribution >= 4 is 11.6 Å². The Balaban J connectivity index is 1.28. The molecule has 1 N–H and O–H groups in total. The molecule has 0 atom stereocenters. The maximum absolute atomic E-state index is 12.8. The van der Waals surface area contributed by atoms with E-state index >= 15 is 0 Å². The van der Waals surface area contributed by atoms with Crippen LogP contribution < -0.4 is 19.5 Å². The van der Waals surface area contributed by atoms with Crippen LogP contribution in [0.1, 0.15) is 15.9 Å². The molecular formula is C28H25NO4. The van der Waals surface area contributed by atoms with Gasteiger partial charge in [0, 0.05) is 5.69 Å². The maximum atomic E-state index is 12.8. The van der Waals surface area contributed by atoms with Crippen molar-refractivity contribution in [1.29, 1.82) is 0 Å². The molecule has 166 valence electrons. The van der Waals surface area contributed by atoms with Crippen LogP contribution in [0, 0.1) is 0 Å². The highest BCUT2D eigenvalue weighted by molar-refractivity contribution is 6.06. The molecule has 0 aromatic heterocycles. The van der Waals surface area contributed by atoms with Crippen molar-refractivity contribution in [3.63, 3.8) is 0 Å². The van der Waals surface area contributed by atoms with Crippen LogP contribution in [0.2, 0.25) is 0 Å². The minimum atomic E-state index is -0.233. The molecule has 1 amide bonds. The summed E-state index contributed by atoms with van der Waals surface area (Å²) in [5, 5.41) is 2.91. The summed E-state index contributed by atoms with van der Waals surface area (Å²) in [5.41, 5.74) is 2.19. The second-order valence-electron chi connectivity index (χ2n) is 7.26.